The fraction of sp³-hybridized carbons (Fsp3) is 0.300. The number of hydrogen-bond acceptors (Lipinski definition) is 2. The van der Waals surface area contributed by atoms with Gasteiger partial charge in [-0.2, -0.15) is 0 Å². The van der Waals surface area contributed by atoms with Crippen LogP contribution >= 0.6 is 27.5 Å². The molecule has 7 heteroatoms. The minimum absolute atomic E-state index is 0.134. The van der Waals surface area contributed by atoms with Gasteiger partial charge in [0.1, 0.15) is 5.75 Å². The van der Waals surface area contributed by atoms with E-state index in [1.807, 2.05) is 0 Å². The van der Waals surface area contributed by atoms with Gasteiger partial charge in [-0.05, 0) is 22.0 Å². The molecule has 0 aliphatic carbocycles. The molecule has 0 aromatic heterocycles. The molecule has 0 fully saturated rings. The van der Waals surface area contributed by atoms with Gasteiger partial charge in [-0.25, -0.2) is 0 Å². The van der Waals surface area contributed by atoms with E-state index in [0.717, 1.165) is 0 Å². The second kappa shape index (κ2) is 5.73. The smallest absolute Gasteiger partial charge is 0.404 e. The first kappa shape index (κ1) is 14.3. The lowest BCUT2D eigenvalue weighted by Crippen LogP contribution is -2.19. The summed E-state index contributed by atoms with van der Waals surface area (Å²) in [4.78, 5) is 11.1. The van der Waals surface area contributed by atoms with Crippen molar-refractivity contribution in [1.82, 2.24) is 0 Å². The molecule has 0 amide bonds. The highest BCUT2D eigenvalue weighted by molar-refractivity contribution is 9.10. The summed E-state index contributed by atoms with van der Waals surface area (Å²) in [6.45, 7) is 0. The minimum atomic E-state index is -4.80. The van der Waals surface area contributed by atoms with Crippen LogP contribution < -0.4 is 4.74 Å². The first-order chi connectivity index (χ1) is 7.83. The van der Waals surface area contributed by atoms with E-state index >= 15 is 0 Å². The molecule has 0 aliphatic heterocycles. The number of para-hydroxylation sites is 1. The van der Waals surface area contributed by atoms with Crippen LogP contribution in [0.4, 0.5) is 13.2 Å². The third kappa shape index (κ3) is 4.55. The van der Waals surface area contributed by atoms with E-state index in [9.17, 15) is 18.0 Å². The predicted octanol–water partition coefficient (Wildman–Crippen LogP) is 3.70. The lowest BCUT2D eigenvalue weighted by atomic mass is 10.1. The maximum absolute atomic E-state index is 12.2. The molecule has 1 aromatic rings. The van der Waals surface area contributed by atoms with E-state index in [1.165, 1.54) is 18.2 Å². The molecule has 2 nitrogen and oxygen atoms in total. The summed E-state index contributed by atoms with van der Waals surface area (Å²) in [6, 6.07) is 4.30. The number of ketones is 1. The van der Waals surface area contributed by atoms with Gasteiger partial charge in [-0.15, -0.1) is 24.8 Å². The predicted molar refractivity (Wildman–Crippen MR) is 60.3 cm³/mol. The molecule has 0 saturated carbocycles. The molecule has 0 N–H and O–H groups in total. The number of benzene rings is 1. The van der Waals surface area contributed by atoms with Gasteiger partial charge >= 0.3 is 6.36 Å². The Kier molecular flexibility index (Phi) is 4.82. The number of hydrogen-bond donors (Lipinski definition) is 0. The Labute approximate surface area is 109 Å². The van der Waals surface area contributed by atoms with E-state index in [4.69, 9.17) is 11.6 Å². The normalized spacial score (nSPS) is 11.4. The zero-order chi connectivity index (χ0) is 13.1. The van der Waals surface area contributed by atoms with E-state index in [-0.39, 0.29) is 28.1 Å². The van der Waals surface area contributed by atoms with Crippen LogP contribution in [0.25, 0.3) is 0 Å². The third-order valence-corrected chi connectivity index (χ3v) is 2.73. The van der Waals surface area contributed by atoms with Crippen LogP contribution in [0.15, 0.2) is 22.7 Å². The van der Waals surface area contributed by atoms with E-state index in [2.05, 4.69) is 20.7 Å². The van der Waals surface area contributed by atoms with Crippen molar-refractivity contribution in [2.75, 3.05) is 5.88 Å². The number of carbonyl (C=O) groups excluding carboxylic acids is 1. The summed E-state index contributed by atoms with van der Waals surface area (Å²) in [5.74, 6) is -1.03. The average molecular weight is 332 g/mol. The van der Waals surface area contributed by atoms with Crippen LogP contribution in [-0.4, -0.2) is 18.0 Å². The van der Waals surface area contributed by atoms with Crippen LogP contribution in [-0.2, 0) is 11.2 Å². The van der Waals surface area contributed by atoms with Gasteiger partial charge in [0.15, 0.2) is 5.78 Å². The Morgan fingerprint density at radius 2 is 2.06 bits per heavy atom. The van der Waals surface area contributed by atoms with Crippen molar-refractivity contribution >= 4 is 33.3 Å². The monoisotopic (exact) mass is 330 g/mol. The molecule has 0 heterocycles. The van der Waals surface area contributed by atoms with Crippen molar-refractivity contribution in [2.45, 2.75) is 12.8 Å². The van der Waals surface area contributed by atoms with E-state index in [1.54, 1.807) is 0 Å². The first-order valence-electron chi connectivity index (χ1n) is 4.44. The largest absolute Gasteiger partial charge is 0.573 e. The molecule has 0 unspecified atom stereocenters. The maximum atomic E-state index is 12.2. The second-order valence-electron chi connectivity index (χ2n) is 3.12. The first-order valence-corrected chi connectivity index (χ1v) is 5.77. The molecule has 0 bridgehead atoms. The summed E-state index contributed by atoms with van der Waals surface area (Å²) in [5, 5.41) is 0. The summed E-state index contributed by atoms with van der Waals surface area (Å²) in [5.41, 5.74) is 0.141. The Balaban J connectivity index is 3.04. The van der Waals surface area contributed by atoms with Gasteiger partial charge in [0.2, 0.25) is 0 Å². The lowest BCUT2D eigenvalue weighted by Gasteiger charge is -2.14. The van der Waals surface area contributed by atoms with Crippen molar-refractivity contribution in [1.29, 1.82) is 0 Å². The van der Waals surface area contributed by atoms with Gasteiger partial charge in [0.05, 0.1) is 10.4 Å². The van der Waals surface area contributed by atoms with Crippen molar-refractivity contribution < 1.29 is 22.7 Å². The molecule has 1 aromatic carbocycles. The standard InChI is InChI=1S/C10H7BrClF3O2/c11-8-3-1-2-6(4-7(16)5-12)9(8)17-10(13,14)15/h1-3H,4-5H2. The van der Waals surface area contributed by atoms with Gasteiger partial charge in [0.25, 0.3) is 0 Å². The Hall–Kier alpha value is -0.750. The van der Waals surface area contributed by atoms with Gasteiger partial charge in [-0.1, -0.05) is 12.1 Å². The molecule has 0 radical (unpaired) electrons. The minimum Gasteiger partial charge on any atom is -0.404 e. The van der Waals surface area contributed by atoms with Crippen molar-refractivity contribution in [2.24, 2.45) is 0 Å². The summed E-state index contributed by atoms with van der Waals surface area (Å²) in [6.07, 6.45) is -5.00. The van der Waals surface area contributed by atoms with Gasteiger partial charge < -0.3 is 4.74 Å². The number of rotatable bonds is 4. The van der Waals surface area contributed by atoms with Crippen LogP contribution in [0.2, 0.25) is 0 Å². The number of halogens is 5. The highest BCUT2D eigenvalue weighted by atomic mass is 79.9. The highest BCUT2D eigenvalue weighted by Crippen LogP contribution is 2.34. The molecular formula is C10H7BrClF3O2. The SMILES string of the molecule is O=C(CCl)Cc1cccc(Br)c1OC(F)(F)F. The summed E-state index contributed by atoms with van der Waals surface area (Å²) in [7, 11) is 0. The maximum Gasteiger partial charge on any atom is 0.573 e. The zero-order valence-electron chi connectivity index (χ0n) is 8.35. The quantitative estimate of drug-likeness (QED) is 0.787. The van der Waals surface area contributed by atoms with Crippen molar-refractivity contribution in [3.63, 3.8) is 0 Å². The number of Topliss-reactive ketones (excluding diaryl/α,β-unsaturated/α-hetero) is 1. The number of carbonyl (C=O) groups is 1. The number of alkyl halides is 4. The van der Waals surface area contributed by atoms with E-state index in [0.29, 0.717) is 0 Å². The Morgan fingerprint density at radius 3 is 2.59 bits per heavy atom. The summed E-state index contributed by atoms with van der Waals surface area (Å²) >= 11 is 8.25. The van der Waals surface area contributed by atoms with Crippen molar-refractivity contribution in [3.8, 4) is 5.75 Å². The topological polar surface area (TPSA) is 26.3 Å². The molecule has 0 atom stereocenters. The highest BCUT2D eigenvalue weighted by Gasteiger charge is 2.33. The molecule has 94 valence electrons. The fourth-order valence-electron chi connectivity index (χ4n) is 1.18. The number of ether oxygens (including phenoxy) is 1. The second-order valence-corrected chi connectivity index (χ2v) is 4.25. The molecular weight excluding hydrogens is 324 g/mol. The third-order valence-electron chi connectivity index (χ3n) is 1.80. The van der Waals surface area contributed by atoms with Crippen LogP contribution in [0.3, 0.4) is 0 Å². The Bertz CT molecular complexity index is 421. The van der Waals surface area contributed by atoms with Crippen LogP contribution in [0, 0.1) is 0 Å². The molecule has 0 aliphatic rings. The zero-order valence-corrected chi connectivity index (χ0v) is 10.7. The van der Waals surface area contributed by atoms with Crippen LogP contribution in [0.5, 0.6) is 5.75 Å². The van der Waals surface area contributed by atoms with Crippen molar-refractivity contribution in [3.05, 3.63) is 28.2 Å². The van der Waals surface area contributed by atoms with Gasteiger partial charge in [-0.3, -0.25) is 4.79 Å². The molecule has 0 spiro atoms. The van der Waals surface area contributed by atoms with Gasteiger partial charge in [0, 0.05) is 12.0 Å². The molecule has 0 saturated heterocycles. The fourth-order valence-corrected chi connectivity index (χ4v) is 1.77. The molecule has 1 rings (SSSR count). The molecule has 17 heavy (non-hydrogen) atoms. The summed E-state index contributed by atoms with van der Waals surface area (Å²) < 4.78 is 40.5. The average Bonchev–Trinajstić information content (AvgIpc) is 2.21. The lowest BCUT2D eigenvalue weighted by molar-refractivity contribution is -0.275. The Morgan fingerprint density at radius 1 is 1.41 bits per heavy atom. The van der Waals surface area contributed by atoms with Crippen LogP contribution in [0.1, 0.15) is 5.56 Å². The van der Waals surface area contributed by atoms with E-state index < -0.39 is 12.1 Å².